The van der Waals surface area contributed by atoms with E-state index in [0.717, 1.165) is 6.07 Å². The number of carboxylic acids is 1. The van der Waals surface area contributed by atoms with Crippen molar-refractivity contribution < 1.29 is 19.0 Å². The molecule has 0 spiro atoms. The van der Waals surface area contributed by atoms with Crippen molar-refractivity contribution in [2.45, 2.75) is 6.04 Å². The fourth-order valence-electron chi connectivity index (χ4n) is 1.90. The van der Waals surface area contributed by atoms with E-state index in [-0.39, 0.29) is 5.02 Å². The zero-order valence-corrected chi connectivity index (χ0v) is 11.9. The van der Waals surface area contributed by atoms with Crippen LogP contribution in [0.2, 0.25) is 5.02 Å². The van der Waals surface area contributed by atoms with Crippen LogP contribution in [0.5, 0.6) is 5.75 Å². The van der Waals surface area contributed by atoms with E-state index in [2.05, 4.69) is 5.32 Å². The van der Waals surface area contributed by atoms with Gasteiger partial charge in [0.15, 0.2) is 6.04 Å². The Bertz CT molecular complexity index is 663. The number of halogens is 2. The molecule has 0 amide bonds. The largest absolute Gasteiger partial charge is 0.495 e. The van der Waals surface area contributed by atoms with E-state index in [0.29, 0.717) is 17.0 Å². The van der Waals surface area contributed by atoms with Crippen molar-refractivity contribution in [2.24, 2.45) is 0 Å². The Hall–Kier alpha value is -2.27. The number of hydrogen-bond acceptors (Lipinski definition) is 3. The van der Waals surface area contributed by atoms with Gasteiger partial charge in [-0.3, -0.25) is 0 Å². The van der Waals surface area contributed by atoms with Gasteiger partial charge >= 0.3 is 5.97 Å². The van der Waals surface area contributed by atoms with Gasteiger partial charge in [0.05, 0.1) is 17.8 Å². The zero-order valence-electron chi connectivity index (χ0n) is 11.1. The van der Waals surface area contributed by atoms with E-state index in [1.807, 2.05) is 0 Å². The Morgan fingerprint density at radius 1 is 1.33 bits per heavy atom. The number of ether oxygens (including phenoxy) is 1. The standard InChI is InChI=1S/C15H13ClFNO3/c1-21-13-5-3-2-4-12(13)18-14(15(19)20)9-6-7-11(17)10(16)8-9/h2-8,14,18H,1H3,(H,19,20). The van der Waals surface area contributed by atoms with Crippen molar-refractivity contribution in [3.63, 3.8) is 0 Å². The van der Waals surface area contributed by atoms with Gasteiger partial charge < -0.3 is 15.2 Å². The van der Waals surface area contributed by atoms with E-state index in [4.69, 9.17) is 16.3 Å². The molecule has 0 aliphatic heterocycles. The van der Waals surface area contributed by atoms with Crippen molar-refractivity contribution in [1.82, 2.24) is 0 Å². The smallest absolute Gasteiger partial charge is 0.330 e. The average molecular weight is 310 g/mol. The van der Waals surface area contributed by atoms with Gasteiger partial charge in [0.25, 0.3) is 0 Å². The van der Waals surface area contributed by atoms with Crippen LogP contribution in [0.15, 0.2) is 42.5 Å². The molecule has 1 atom stereocenters. The zero-order chi connectivity index (χ0) is 15.4. The predicted octanol–water partition coefficient (Wildman–Crippen LogP) is 3.73. The molecule has 0 heterocycles. The Morgan fingerprint density at radius 2 is 2.05 bits per heavy atom. The molecule has 0 aromatic heterocycles. The lowest BCUT2D eigenvalue weighted by atomic mass is 10.1. The summed E-state index contributed by atoms with van der Waals surface area (Å²) in [5, 5.41) is 12.1. The minimum absolute atomic E-state index is 0.124. The number of carboxylic acid groups (broad SMARTS) is 1. The fourth-order valence-corrected chi connectivity index (χ4v) is 2.09. The summed E-state index contributed by atoms with van der Waals surface area (Å²) < 4.78 is 18.4. The number of anilines is 1. The second kappa shape index (κ2) is 6.45. The molecule has 1 unspecified atom stereocenters. The predicted molar refractivity (Wildman–Crippen MR) is 78.4 cm³/mol. The maximum absolute atomic E-state index is 13.2. The molecule has 0 saturated carbocycles. The molecule has 0 fully saturated rings. The third-order valence-corrected chi connectivity index (χ3v) is 3.22. The summed E-state index contributed by atoms with van der Waals surface area (Å²) in [6.45, 7) is 0. The molecule has 0 saturated heterocycles. The summed E-state index contributed by atoms with van der Waals surface area (Å²) in [6.07, 6.45) is 0. The molecule has 2 aromatic rings. The Balaban J connectivity index is 2.35. The minimum atomic E-state index is -1.11. The van der Waals surface area contributed by atoms with Crippen molar-refractivity contribution in [3.8, 4) is 5.75 Å². The van der Waals surface area contributed by atoms with E-state index in [1.165, 1.54) is 19.2 Å². The first kappa shape index (κ1) is 15.1. The van der Waals surface area contributed by atoms with Crippen LogP contribution in [0, 0.1) is 5.82 Å². The molecule has 2 N–H and O–H groups in total. The van der Waals surface area contributed by atoms with E-state index in [9.17, 15) is 14.3 Å². The fraction of sp³-hybridized carbons (Fsp3) is 0.133. The van der Waals surface area contributed by atoms with Gasteiger partial charge in [-0.05, 0) is 29.8 Å². The van der Waals surface area contributed by atoms with Crippen molar-refractivity contribution in [3.05, 3.63) is 58.9 Å². The molecule has 0 bridgehead atoms. The highest BCUT2D eigenvalue weighted by molar-refractivity contribution is 6.30. The van der Waals surface area contributed by atoms with Crippen LogP contribution in [-0.4, -0.2) is 18.2 Å². The summed E-state index contributed by atoms with van der Waals surface area (Å²) in [7, 11) is 1.49. The summed E-state index contributed by atoms with van der Waals surface area (Å²) in [6, 6.07) is 9.66. The topological polar surface area (TPSA) is 58.6 Å². The van der Waals surface area contributed by atoms with Crippen LogP contribution >= 0.6 is 11.6 Å². The average Bonchev–Trinajstić information content (AvgIpc) is 2.48. The highest BCUT2D eigenvalue weighted by Crippen LogP contribution is 2.29. The van der Waals surface area contributed by atoms with E-state index < -0.39 is 17.8 Å². The maximum Gasteiger partial charge on any atom is 0.330 e. The summed E-state index contributed by atoms with van der Waals surface area (Å²) in [4.78, 5) is 11.5. The number of hydrogen-bond donors (Lipinski definition) is 2. The first-order valence-corrected chi connectivity index (χ1v) is 6.48. The molecule has 6 heteroatoms. The van der Waals surface area contributed by atoms with Crippen LogP contribution in [0.25, 0.3) is 0 Å². The Morgan fingerprint density at radius 3 is 2.67 bits per heavy atom. The quantitative estimate of drug-likeness (QED) is 0.883. The molecular weight excluding hydrogens is 297 g/mol. The van der Waals surface area contributed by atoms with Gasteiger partial charge in [-0.25, -0.2) is 9.18 Å². The SMILES string of the molecule is COc1ccccc1NC(C(=O)O)c1ccc(F)c(Cl)c1. The highest BCUT2D eigenvalue weighted by Gasteiger charge is 2.21. The van der Waals surface area contributed by atoms with Gasteiger partial charge in [0, 0.05) is 0 Å². The number of nitrogens with one attached hydrogen (secondary N) is 1. The summed E-state index contributed by atoms with van der Waals surface area (Å²) >= 11 is 5.70. The van der Waals surface area contributed by atoms with Gasteiger partial charge in [0.2, 0.25) is 0 Å². The Labute approximate surface area is 126 Å². The maximum atomic E-state index is 13.2. The van der Waals surface area contributed by atoms with Crippen molar-refractivity contribution >= 4 is 23.3 Å². The number of rotatable bonds is 5. The second-order valence-corrected chi connectivity index (χ2v) is 4.70. The van der Waals surface area contributed by atoms with E-state index in [1.54, 1.807) is 24.3 Å². The van der Waals surface area contributed by atoms with Crippen LogP contribution in [0.3, 0.4) is 0 Å². The van der Waals surface area contributed by atoms with Gasteiger partial charge in [-0.2, -0.15) is 0 Å². The third kappa shape index (κ3) is 3.44. The molecule has 0 aliphatic carbocycles. The number of para-hydroxylation sites is 2. The number of methoxy groups -OCH3 is 1. The highest BCUT2D eigenvalue weighted by atomic mass is 35.5. The second-order valence-electron chi connectivity index (χ2n) is 4.29. The lowest BCUT2D eigenvalue weighted by Gasteiger charge is -2.18. The minimum Gasteiger partial charge on any atom is -0.495 e. The molecule has 2 aromatic carbocycles. The first-order valence-electron chi connectivity index (χ1n) is 6.10. The van der Waals surface area contributed by atoms with Gasteiger partial charge in [0.1, 0.15) is 11.6 Å². The van der Waals surface area contributed by atoms with Crippen LogP contribution in [-0.2, 0) is 4.79 Å². The van der Waals surface area contributed by atoms with Crippen LogP contribution in [0.1, 0.15) is 11.6 Å². The molecule has 0 aliphatic rings. The van der Waals surface area contributed by atoms with E-state index >= 15 is 0 Å². The van der Waals surface area contributed by atoms with Crippen molar-refractivity contribution in [1.29, 1.82) is 0 Å². The monoisotopic (exact) mass is 309 g/mol. The molecule has 2 rings (SSSR count). The van der Waals surface area contributed by atoms with Gasteiger partial charge in [-0.1, -0.05) is 29.8 Å². The van der Waals surface area contributed by atoms with Gasteiger partial charge in [-0.15, -0.1) is 0 Å². The summed E-state index contributed by atoms with van der Waals surface area (Å²) in [5.41, 5.74) is 0.868. The Kier molecular flexibility index (Phi) is 4.65. The lowest BCUT2D eigenvalue weighted by molar-refractivity contribution is -0.138. The number of aliphatic carboxylic acids is 1. The molecule has 21 heavy (non-hydrogen) atoms. The molecule has 4 nitrogen and oxygen atoms in total. The summed E-state index contributed by atoms with van der Waals surface area (Å²) in [5.74, 6) is -1.19. The first-order chi connectivity index (χ1) is 10.0. The van der Waals surface area contributed by atoms with Crippen molar-refractivity contribution in [2.75, 3.05) is 12.4 Å². The molecular formula is C15H13ClFNO3. The van der Waals surface area contributed by atoms with Crippen LogP contribution in [0.4, 0.5) is 10.1 Å². The van der Waals surface area contributed by atoms with Crippen LogP contribution < -0.4 is 10.1 Å². The number of carbonyl (C=O) groups is 1. The molecule has 0 radical (unpaired) electrons. The normalized spacial score (nSPS) is 11.8. The lowest BCUT2D eigenvalue weighted by Crippen LogP contribution is -2.20. The third-order valence-electron chi connectivity index (χ3n) is 2.93. The number of benzene rings is 2. The molecule has 110 valence electrons.